The van der Waals surface area contributed by atoms with Crippen molar-refractivity contribution in [3.05, 3.63) is 0 Å². The van der Waals surface area contributed by atoms with Crippen LogP contribution in [0.3, 0.4) is 0 Å². The molecule has 4 rings (SSSR count). The van der Waals surface area contributed by atoms with E-state index in [4.69, 9.17) is 9.31 Å². The molecule has 3 aliphatic carbocycles. The van der Waals surface area contributed by atoms with Gasteiger partial charge in [0.05, 0.1) is 12.2 Å². The second-order valence-electron chi connectivity index (χ2n) is 5.44. The molecular formula is C10H17BO2. The van der Waals surface area contributed by atoms with Gasteiger partial charge >= 0.3 is 7.12 Å². The van der Waals surface area contributed by atoms with Crippen LogP contribution in [0.4, 0.5) is 0 Å². The highest BCUT2D eigenvalue weighted by atomic mass is 16.7. The van der Waals surface area contributed by atoms with Gasteiger partial charge in [-0.05, 0) is 36.9 Å². The maximum absolute atomic E-state index is 5.83. The first kappa shape index (κ1) is 8.31. The lowest BCUT2D eigenvalue weighted by molar-refractivity contribution is -0.150. The van der Waals surface area contributed by atoms with Gasteiger partial charge in [0.1, 0.15) is 0 Å². The van der Waals surface area contributed by atoms with Gasteiger partial charge < -0.3 is 9.31 Å². The third-order valence-corrected chi connectivity index (χ3v) is 4.54. The van der Waals surface area contributed by atoms with Gasteiger partial charge in [-0.3, -0.25) is 0 Å². The van der Waals surface area contributed by atoms with Crippen LogP contribution in [0.15, 0.2) is 0 Å². The van der Waals surface area contributed by atoms with Gasteiger partial charge in [0.25, 0.3) is 0 Å². The Hall–Kier alpha value is -0.0151. The maximum Gasteiger partial charge on any atom is 0.454 e. The summed E-state index contributed by atoms with van der Waals surface area (Å²) in [5.74, 6) is 1.63. The van der Waals surface area contributed by atoms with Crippen molar-refractivity contribution in [2.24, 2.45) is 17.3 Å². The van der Waals surface area contributed by atoms with Gasteiger partial charge in [-0.2, -0.15) is 0 Å². The fourth-order valence-corrected chi connectivity index (χ4v) is 3.50. The van der Waals surface area contributed by atoms with Crippen LogP contribution in [0.25, 0.3) is 0 Å². The van der Waals surface area contributed by atoms with Crippen LogP contribution in [0.5, 0.6) is 0 Å². The molecule has 4 atom stereocenters. The molecule has 1 unspecified atom stereocenters. The van der Waals surface area contributed by atoms with Crippen LogP contribution in [0, 0.1) is 17.3 Å². The van der Waals surface area contributed by atoms with E-state index >= 15 is 0 Å². The van der Waals surface area contributed by atoms with Gasteiger partial charge in [0.2, 0.25) is 0 Å². The van der Waals surface area contributed by atoms with E-state index in [0.717, 1.165) is 11.8 Å². The Morgan fingerprint density at radius 2 is 2.00 bits per heavy atom. The van der Waals surface area contributed by atoms with E-state index < -0.39 is 0 Å². The highest BCUT2D eigenvalue weighted by molar-refractivity contribution is 6.43. The van der Waals surface area contributed by atoms with Crippen molar-refractivity contribution in [3.8, 4) is 0 Å². The molecule has 0 aromatic heterocycles. The summed E-state index contributed by atoms with van der Waals surface area (Å²) in [6, 6.07) is 0. The predicted octanol–water partition coefficient (Wildman–Crippen LogP) is 1.95. The first-order valence-electron chi connectivity index (χ1n) is 5.40. The Labute approximate surface area is 80.1 Å². The van der Waals surface area contributed by atoms with Crippen molar-refractivity contribution in [1.82, 2.24) is 0 Å². The van der Waals surface area contributed by atoms with Crippen molar-refractivity contribution >= 4 is 7.12 Å². The minimum atomic E-state index is 0.0325. The van der Waals surface area contributed by atoms with Crippen molar-refractivity contribution in [1.29, 1.82) is 0 Å². The largest absolute Gasteiger partial charge is 0.454 e. The van der Waals surface area contributed by atoms with E-state index in [2.05, 4.69) is 13.8 Å². The Morgan fingerprint density at radius 1 is 1.23 bits per heavy atom. The Kier molecular flexibility index (Phi) is 1.48. The van der Waals surface area contributed by atoms with E-state index in [1.54, 1.807) is 0 Å². The van der Waals surface area contributed by atoms with E-state index in [9.17, 15) is 0 Å². The highest BCUT2D eigenvalue weighted by Crippen LogP contribution is 2.61. The molecule has 1 aliphatic heterocycles. The molecular weight excluding hydrogens is 163 g/mol. The maximum atomic E-state index is 5.83. The minimum Gasteiger partial charge on any atom is -0.406 e. The zero-order chi connectivity index (χ0) is 9.22. The molecule has 0 aromatic carbocycles. The van der Waals surface area contributed by atoms with E-state index in [1.807, 2.05) is 6.82 Å². The number of rotatable bonds is 0. The molecule has 0 amide bonds. The lowest BCUT2D eigenvalue weighted by Gasteiger charge is -2.60. The second-order valence-corrected chi connectivity index (χ2v) is 5.44. The zero-order valence-electron chi connectivity index (χ0n) is 8.62. The molecule has 0 spiro atoms. The van der Waals surface area contributed by atoms with Gasteiger partial charge in [-0.1, -0.05) is 13.8 Å². The molecule has 1 saturated heterocycles. The van der Waals surface area contributed by atoms with Crippen LogP contribution in [-0.2, 0) is 9.31 Å². The average molecular weight is 180 g/mol. The summed E-state index contributed by atoms with van der Waals surface area (Å²) in [6.45, 7) is 6.78. The lowest BCUT2D eigenvalue weighted by atomic mass is 9.47. The third-order valence-electron chi connectivity index (χ3n) is 4.54. The zero-order valence-corrected chi connectivity index (χ0v) is 8.62. The summed E-state index contributed by atoms with van der Waals surface area (Å²) < 4.78 is 11.6. The first-order valence-corrected chi connectivity index (χ1v) is 5.40. The number of hydrogen-bond acceptors (Lipinski definition) is 2. The van der Waals surface area contributed by atoms with E-state index in [-0.39, 0.29) is 7.12 Å². The first-order chi connectivity index (χ1) is 6.09. The van der Waals surface area contributed by atoms with Gasteiger partial charge in [0.15, 0.2) is 0 Å². The summed E-state index contributed by atoms with van der Waals surface area (Å²) in [5, 5.41) is 0. The highest BCUT2D eigenvalue weighted by Gasteiger charge is 2.61. The summed E-state index contributed by atoms with van der Waals surface area (Å²) in [5.41, 5.74) is 0.509. The molecule has 3 saturated carbocycles. The van der Waals surface area contributed by atoms with E-state index in [1.165, 1.54) is 12.8 Å². The average Bonchev–Trinajstić information content (AvgIpc) is 2.42. The molecule has 0 radical (unpaired) electrons. The van der Waals surface area contributed by atoms with Crippen LogP contribution in [0.1, 0.15) is 26.7 Å². The third kappa shape index (κ3) is 0.923. The molecule has 4 fully saturated rings. The molecule has 72 valence electrons. The fourth-order valence-electron chi connectivity index (χ4n) is 3.50. The summed E-state index contributed by atoms with van der Waals surface area (Å²) in [7, 11) is 0.0325. The van der Waals surface area contributed by atoms with Crippen molar-refractivity contribution in [2.45, 2.75) is 45.7 Å². The van der Waals surface area contributed by atoms with Crippen molar-refractivity contribution in [2.75, 3.05) is 0 Å². The van der Waals surface area contributed by atoms with Crippen LogP contribution < -0.4 is 0 Å². The van der Waals surface area contributed by atoms with Crippen LogP contribution >= 0.6 is 0 Å². The molecule has 13 heavy (non-hydrogen) atoms. The molecule has 3 heteroatoms. The van der Waals surface area contributed by atoms with Crippen LogP contribution in [0.2, 0.25) is 6.82 Å². The smallest absolute Gasteiger partial charge is 0.406 e. The SMILES string of the molecule is CB1OC2[C@H]3C[C@@H](C[C@H]2O1)C3(C)C. The molecule has 4 aliphatic rings. The quantitative estimate of drug-likeness (QED) is 0.530. The van der Waals surface area contributed by atoms with Gasteiger partial charge in [-0.25, -0.2) is 0 Å². The second kappa shape index (κ2) is 2.32. The Bertz CT molecular complexity index is 241. The molecule has 2 bridgehead atoms. The topological polar surface area (TPSA) is 18.5 Å². The predicted molar refractivity (Wildman–Crippen MR) is 51.4 cm³/mol. The van der Waals surface area contributed by atoms with Gasteiger partial charge in [0, 0.05) is 0 Å². The molecule has 2 nitrogen and oxygen atoms in total. The lowest BCUT2D eigenvalue weighted by Crippen LogP contribution is -2.59. The van der Waals surface area contributed by atoms with Gasteiger partial charge in [-0.15, -0.1) is 0 Å². The van der Waals surface area contributed by atoms with Crippen molar-refractivity contribution in [3.63, 3.8) is 0 Å². The molecule has 1 heterocycles. The molecule has 0 aromatic rings. The summed E-state index contributed by atoms with van der Waals surface area (Å²) in [6.07, 6.45) is 3.39. The number of hydrogen-bond donors (Lipinski definition) is 0. The monoisotopic (exact) mass is 180 g/mol. The normalized spacial score (nSPS) is 51.5. The fraction of sp³-hybridized carbons (Fsp3) is 1.00. The van der Waals surface area contributed by atoms with Crippen LogP contribution in [-0.4, -0.2) is 19.3 Å². The Morgan fingerprint density at radius 3 is 2.69 bits per heavy atom. The van der Waals surface area contributed by atoms with Crippen molar-refractivity contribution < 1.29 is 9.31 Å². The molecule has 0 N–H and O–H groups in total. The Balaban J connectivity index is 1.85. The summed E-state index contributed by atoms with van der Waals surface area (Å²) >= 11 is 0. The standard InChI is InChI=1S/C10H17BO2/c1-10(2)6-4-7(10)9-8(5-6)12-11(3)13-9/h6-9H,4-5H2,1-3H3/t6-,7+,8+,9?/m0/s1. The minimum absolute atomic E-state index is 0.0325. The summed E-state index contributed by atoms with van der Waals surface area (Å²) in [4.78, 5) is 0. The van der Waals surface area contributed by atoms with E-state index in [0.29, 0.717) is 17.6 Å².